The number of nitrogens with one attached hydrogen (secondary N) is 1. The summed E-state index contributed by atoms with van der Waals surface area (Å²) in [5, 5.41) is 3.53. The van der Waals surface area contributed by atoms with Gasteiger partial charge < -0.3 is 4.74 Å². The van der Waals surface area contributed by atoms with Gasteiger partial charge in [0, 0.05) is 0 Å². The lowest BCUT2D eigenvalue weighted by molar-refractivity contribution is 0.0636. The van der Waals surface area contributed by atoms with Crippen LogP contribution in [0.2, 0.25) is 10.0 Å². The maximum Gasteiger partial charge on any atom is 0.412 e. The Morgan fingerprint density at radius 2 is 1.94 bits per heavy atom. The van der Waals surface area contributed by atoms with E-state index in [4.69, 9.17) is 27.9 Å². The fourth-order valence-corrected chi connectivity index (χ4v) is 1.92. The second-order valence-electron chi connectivity index (χ2n) is 4.35. The van der Waals surface area contributed by atoms with E-state index in [1.807, 2.05) is 22.6 Å². The molecule has 0 aliphatic rings. The van der Waals surface area contributed by atoms with E-state index in [9.17, 15) is 4.79 Å². The zero-order valence-electron chi connectivity index (χ0n) is 9.61. The Morgan fingerprint density at radius 3 is 2.47 bits per heavy atom. The fourth-order valence-electron chi connectivity index (χ4n) is 1.04. The van der Waals surface area contributed by atoms with Gasteiger partial charge >= 0.3 is 6.09 Å². The molecule has 1 aromatic rings. The van der Waals surface area contributed by atoms with Crippen LogP contribution < -0.4 is 5.32 Å². The van der Waals surface area contributed by atoms with E-state index in [0.29, 0.717) is 19.3 Å². The van der Waals surface area contributed by atoms with Crippen LogP contribution in [0.5, 0.6) is 0 Å². The van der Waals surface area contributed by atoms with Gasteiger partial charge in [-0.2, -0.15) is 0 Å². The van der Waals surface area contributed by atoms with Crippen molar-refractivity contribution in [1.29, 1.82) is 0 Å². The second-order valence-corrected chi connectivity index (χ2v) is 6.21. The number of carbonyl (C=O) groups is 1. The highest BCUT2D eigenvalue weighted by Gasteiger charge is 2.18. The van der Waals surface area contributed by atoms with Gasteiger partial charge in [0.1, 0.15) is 5.60 Å². The first-order chi connectivity index (χ1) is 7.70. The minimum absolute atomic E-state index is 0.406. The number of anilines is 1. The van der Waals surface area contributed by atoms with Crippen LogP contribution in [-0.4, -0.2) is 11.7 Å². The van der Waals surface area contributed by atoms with Crippen LogP contribution >= 0.6 is 45.8 Å². The molecule has 1 amide bonds. The number of hydrogen-bond donors (Lipinski definition) is 1. The van der Waals surface area contributed by atoms with E-state index < -0.39 is 11.7 Å². The number of benzene rings is 1. The molecule has 3 nitrogen and oxygen atoms in total. The lowest BCUT2D eigenvalue weighted by atomic mass is 10.2. The van der Waals surface area contributed by atoms with Gasteiger partial charge in [0.05, 0.1) is 19.3 Å². The smallest absolute Gasteiger partial charge is 0.412 e. The minimum atomic E-state index is -0.545. The molecule has 6 heteroatoms. The van der Waals surface area contributed by atoms with Gasteiger partial charge in [-0.25, -0.2) is 4.79 Å². The standard InChI is InChI=1S/C11H12Cl2INO2/c1-11(2,3)17-10(16)15-7-5-4-6(12)9(14)8(7)13/h4-5H,1-3H3,(H,15,16). The topological polar surface area (TPSA) is 38.3 Å². The Morgan fingerprint density at radius 1 is 1.35 bits per heavy atom. The minimum Gasteiger partial charge on any atom is -0.444 e. The molecule has 0 bridgehead atoms. The summed E-state index contributed by atoms with van der Waals surface area (Å²) in [6.07, 6.45) is -0.544. The molecular weight excluding hydrogens is 376 g/mol. The molecule has 0 aliphatic heterocycles. The zero-order chi connectivity index (χ0) is 13.2. The van der Waals surface area contributed by atoms with Crippen molar-refractivity contribution in [2.24, 2.45) is 0 Å². The van der Waals surface area contributed by atoms with Gasteiger partial charge in [0.2, 0.25) is 0 Å². The summed E-state index contributed by atoms with van der Waals surface area (Å²) in [5.74, 6) is 0. The summed E-state index contributed by atoms with van der Waals surface area (Å²) in [5.41, 5.74) is -0.0643. The van der Waals surface area contributed by atoms with Crippen molar-refractivity contribution in [2.45, 2.75) is 26.4 Å². The average Bonchev–Trinajstić information content (AvgIpc) is 2.16. The summed E-state index contributed by atoms with van der Waals surface area (Å²) in [4.78, 5) is 11.5. The average molecular weight is 388 g/mol. The van der Waals surface area contributed by atoms with Crippen molar-refractivity contribution in [1.82, 2.24) is 0 Å². The predicted molar refractivity (Wildman–Crippen MR) is 79.0 cm³/mol. The van der Waals surface area contributed by atoms with Crippen molar-refractivity contribution >= 4 is 57.6 Å². The van der Waals surface area contributed by atoms with E-state index in [0.717, 1.165) is 0 Å². The van der Waals surface area contributed by atoms with Crippen LogP contribution in [0, 0.1) is 3.57 Å². The maximum absolute atomic E-state index is 11.5. The molecule has 0 aromatic heterocycles. The first kappa shape index (κ1) is 14.9. The number of carbonyl (C=O) groups excluding carboxylic acids is 1. The van der Waals surface area contributed by atoms with Crippen LogP contribution in [0.15, 0.2) is 12.1 Å². The summed E-state index contributed by atoms with van der Waals surface area (Å²) in [7, 11) is 0. The van der Waals surface area contributed by atoms with Gasteiger partial charge in [-0.1, -0.05) is 23.2 Å². The highest BCUT2D eigenvalue weighted by molar-refractivity contribution is 14.1. The Labute approximate surface area is 124 Å². The molecule has 1 N–H and O–H groups in total. The third-order valence-corrected chi connectivity index (χ3v) is 4.14. The molecule has 0 saturated heterocycles. The quantitative estimate of drug-likeness (QED) is 0.547. The van der Waals surface area contributed by atoms with Crippen LogP contribution in [0.4, 0.5) is 10.5 Å². The van der Waals surface area contributed by atoms with Crippen molar-refractivity contribution in [2.75, 3.05) is 5.32 Å². The second kappa shape index (κ2) is 5.63. The number of rotatable bonds is 1. The number of halogens is 3. The molecule has 0 radical (unpaired) electrons. The molecule has 0 unspecified atom stereocenters. The molecular formula is C11H12Cl2INO2. The highest BCUT2D eigenvalue weighted by Crippen LogP contribution is 2.32. The van der Waals surface area contributed by atoms with Crippen molar-refractivity contribution in [3.05, 3.63) is 25.7 Å². The molecule has 1 aromatic carbocycles. The van der Waals surface area contributed by atoms with E-state index >= 15 is 0 Å². The molecule has 0 aliphatic carbocycles. The summed E-state index contributed by atoms with van der Waals surface area (Å²) in [6.45, 7) is 5.37. The van der Waals surface area contributed by atoms with Crippen molar-refractivity contribution < 1.29 is 9.53 Å². The Balaban J connectivity index is 2.83. The van der Waals surface area contributed by atoms with E-state index in [2.05, 4.69) is 5.32 Å². The van der Waals surface area contributed by atoms with E-state index in [1.54, 1.807) is 32.9 Å². The van der Waals surface area contributed by atoms with Crippen molar-refractivity contribution in [3.8, 4) is 0 Å². The number of amides is 1. The van der Waals surface area contributed by atoms with Crippen LogP contribution in [0.25, 0.3) is 0 Å². The van der Waals surface area contributed by atoms with Gasteiger partial charge in [-0.05, 0) is 55.5 Å². The molecule has 0 fully saturated rings. The maximum atomic E-state index is 11.5. The molecule has 0 spiro atoms. The third kappa shape index (κ3) is 4.52. The van der Waals surface area contributed by atoms with Crippen LogP contribution in [0.1, 0.15) is 20.8 Å². The molecule has 17 heavy (non-hydrogen) atoms. The number of ether oxygens (including phenoxy) is 1. The lowest BCUT2D eigenvalue weighted by Crippen LogP contribution is -2.27. The van der Waals surface area contributed by atoms with E-state index in [1.165, 1.54) is 0 Å². The monoisotopic (exact) mass is 387 g/mol. The van der Waals surface area contributed by atoms with Gasteiger partial charge in [-0.15, -0.1) is 0 Å². The molecule has 0 saturated carbocycles. The Kier molecular flexibility index (Phi) is 4.92. The number of hydrogen-bond acceptors (Lipinski definition) is 2. The molecule has 0 atom stereocenters. The molecule has 1 rings (SSSR count). The Hall–Kier alpha value is -0.200. The summed E-state index contributed by atoms with van der Waals surface area (Å²) in [6, 6.07) is 3.30. The van der Waals surface area contributed by atoms with Gasteiger partial charge in [0.15, 0.2) is 0 Å². The first-order valence-corrected chi connectivity index (χ1v) is 6.67. The zero-order valence-corrected chi connectivity index (χ0v) is 13.3. The molecule has 0 heterocycles. The predicted octanol–water partition coefficient (Wildman–Crippen LogP) is 4.95. The Bertz CT molecular complexity index is 444. The first-order valence-electron chi connectivity index (χ1n) is 4.84. The normalized spacial score (nSPS) is 11.2. The highest BCUT2D eigenvalue weighted by atomic mass is 127. The van der Waals surface area contributed by atoms with E-state index in [-0.39, 0.29) is 0 Å². The lowest BCUT2D eigenvalue weighted by Gasteiger charge is -2.20. The fraction of sp³-hybridized carbons (Fsp3) is 0.364. The van der Waals surface area contributed by atoms with Gasteiger partial charge in [-0.3, -0.25) is 5.32 Å². The summed E-state index contributed by atoms with van der Waals surface area (Å²) < 4.78 is 5.82. The van der Waals surface area contributed by atoms with Gasteiger partial charge in [0.25, 0.3) is 0 Å². The molecule has 94 valence electrons. The summed E-state index contributed by atoms with van der Waals surface area (Å²) >= 11 is 14.0. The SMILES string of the molecule is CC(C)(C)OC(=O)Nc1ccc(Cl)c(I)c1Cl. The van der Waals surface area contributed by atoms with Crippen LogP contribution in [0.3, 0.4) is 0 Å². The third-order valence-electron chi connectivity index (χ3n) is 1.67. The van der Waals surface area contributed by atoms with Crippen LogP contribution in [-0.2, 0) is 4.74 Å². The van der Waals surface area contributed by atoms with Crippen molar-refractivity contribution in [3.63, 3.8) is 0 Å². The largest absolute Gasteiger partial charge is 0.444 e.